The third-order valence-electron chi connectivity index (χ3n) is 5.07. The van der Waals surface area contributed by atoms with E-state index in [4.69, 9.17) is 9.15 Å². The van der Waals surface area contributed by atoms with E-state index < -0.39 is 0 Å². The van der Waals surface area contributed by atoms with Crippen molar-refractivity contribution in [3.8, 4) is 0 Å². The number of guanidine groups is 1. The van der Waals surface area contributed by atoms with Gasteiger partial charge in [-0.2, -0.15) is 0 Å². The number of benzene rings is 1. The highest BCUT2D eigenvalue weighted by Gasteiger charge is 2.41. The fourth-order valence-corrected chi connectivity index (χ4v) is 3.74. The van der Waals surface area contributed by atoms with E-state index in [9.17, 15) is 4.39 Å². The minimum absolute atomic E-state index is 0.250. The van der Waals surface area contributed by atoms with Crippen LogP contribution >= 0.6 is 0 Å². The van der Waals surface area contributed by atoms with Gasteiger partial charge in [0.15, 0.2) is 5.96 Å². The van der Waals surface area contributed by atoms with Gasteiger partial charge in [0.25, 0.3) is 0 Å². The SMILES string of the molecule is CN=C(NCc1oc2ccc(F)cc2c1C)NC1CC2CCC1O2. The molecule has 0 saturated carbocycles. The second-order valence-electron chi connectivity index (χ2n) is 6.58. The lowest BCUT2D eigenvalue weighted by atomic mass is 9.96. The molecule has 2 N–H and O–H groups in total. The molecule has 0 radical (unpaired) electrons. The molecule has 5 nitrogen and oxygen atoms in total. The molecule has 128 valence electrons. The number of aliphatic imine (C=N–C) groups is 1. The molecule has 1 aromatic heterocycles. The Balaban J connectivity index is 1.43. The quantitative estimate of drug-likeness (QED) is 0.671. The van der Waals surface area contributed by atoms with Gasteiger partial charge in [-0.25, -0.2) is 4.39 Å². The highest BCUT2D eigenvalue weighted by atomic mass is 19.1. The number of hydrogen-bond acceptors (Lipinski definition) is 3. The Bertz CT molecular complexity index is 786. The molecule has 2 saturated heterocycles. The van der Waals surface area contributed by atoms with E-state index in [0.29, 0.717) is 30.4 Å². The largest absolute Gasteiger partial charge is 0.459 e. The fourth-order valence-electron chi connectivity index (χ4n) is 3.74. The fraction of sp³-hybridized carbons (Fsp3) is 0.500. The zero-order chi connectivity index (χ0) is 16.7. The maximum Gasteiger partial charge on any atom is 0.191 e. The van der Waals surface area contributed by atoms with Gasteiger partial charge in [-0.3, -0.25) is 4.99 Å². The smallest absolute Gasteiger partial charge is 0.191 e. The van der Waals surface area contributed by atoms with Crippen LogP contribution in [0.5, 0.6) is 0 Å². The molecule has 4 rings (SSSR count). The van der Waals surface area contributed by atoms with Gasteiger partial charge in [0.05, 0.1) is 24.8 Å². The van der Waals surface area contributed by atoms with Crippen LogP contribution < -0.4 is 10.6 Å². The molecular formula is C18H22FN3O2. The van der Waals surface area contributed by atoms with Crippen molar-refractivity contribution in [2.24, 2.45) is 4.99 Å². The van der Waals surface area contributed by atoms with Crippen molar-refractivity contribution in [3.63, 3.8) is 0 Å². The van der Waals surface area contributed by atoms with E-state index in [1.54, 1.807) is 13.1 Å². The minimum atomic E-state index is -0.250. The monoisotopic (exact) mass is 331 g/mol. The summed E-state index contributed by atoms with van der Waals surface area (Å²) in [6, 6.07) is 4.91. The molecule has 2 aliphatic rings. The maximum absolute atomic E-state index is 13.4. The number of nitrogens with one attached hydrogen (secondary N) is 2. The molecule has 6 heteroatoms. The van der Waals surface area contributed by atoms with Gasteiger partial charge in [-0.15, -0.1) is 0 Å². The Labute approximate surface area is 140 Å². The lowest BCUT2D eigenvalue weighted by Gasteiger charge is -2.22. The summed E-state index contributed by atoms with van der Waals surface area (Å²) in [4.78, 5) is 4.29. The van der Waals surface area contributed by atoms with E-state index in [1.807, 2.05) is 6.92 Å². The summed E-state index contributed by atoms with van der Waals surface area (Å²) in [5, 5.41) is 7.54. The number of nitrogens with zero attached hydrogens (tertiary/aromatic N) is 1. The third-order valence-corrected chi connectivity index (χ3v) is 5.07. The minimum Gasteiger partial charge on any atom is -0.459 e. The van der Waals surface area contributed by atoms with Crippen molar-refractivity contribution in [1.82, 2.24) is 10.6 Å². The summed E-state index contributed by atoms with van der Waals surface area (Å²) >= 11 is 0. The van der Waals surface area contributed by atoms with Gasteiger partial charge in [0, 0.05) is 18.0 Å². The van der Waals surface area contributed by atoms with Gasteiger partial charge >= 0.3 is 0 Å². The van der Waals surface area contributed by atoms with Crippen molar-refractivity contribution >= 4 is 16.9 Å². The molecule has 0 aliphatic carbocycles. The molecule has 24 heavy (non-hydrogen) atoms. The van der Waals surface area contributed by atoms with Crippen LogP contribution in [-0.2, 0) is 11.3 Å². The first-order valence-corrected chi connectivity index (χ1v) is 8.44. The van der Waals surface area contributed by atoms with Crippen LogP contribution in [0.15, 0.2) is 27.6 Å². The molecule has 2 bridgehead atoms. The predicted octanol–water partition coefficient (Wildman–Crippen LogP) is 2.87. The standard InChI is InChI=1S/C18H22FN3O2/c1-10-13-7-11(19)3-5-15(13)24-17(10)9-21-18(20-2)22-14-8-12-4-6-16(14)23-12/h3,5,7,12,14,16H,4,6,8-9H2,1-2H3,(H2,20,21,22). The first-order chi connectivity index (χ1) is 11.6. The molecular weight excluding hydrogens is 309 g/mol. The lowest BCUT2D eigenvalue weighted by molar-refractivity contribution is 0.0992. The summed E-state index contributed by atoms with van der Waals surface area (Å²) in [5.41, 5.74) is 1.66. The van der Waals surface area contributed by atoms with Crippen LogP contribution in [0.25, 0.3) is 11.0 Å². The zero-order valence-corrected chi connectivity index (χ0v) is 13.9. The first-order valence-electron chi connectivity index (χ1n) is 8.44. The van der Waals surface area contributed by atoms with Crippen LogP contribution in [0.4, 0.5) is 4.39 Å². The third kappa shape index (κ3) is 2.75. The highest BCUT2D eigenvalue weighted by Crippen LogP contribution is 2.34. The van der Waals surface area contributed by atoms with Gasteiger partial charge in [0.1, 0.15) is 17.2 Å². The number of aryl methyl sites for hydroxylation is 1. The highest BCUT2D eigenvalue weighted by molar-refractivity contribution is 5.83. The molecule has 0 amide bonds. The molecule has 3 unspecified atom stereocenters. The van der Waals surface area contributed by atoms with E-state index in [1.165, 1.54) is 18.6 Å². The van der Waals surface area contributed by atoms with Gasteiger partial charge in [-0.05, 0) is 44.4 Å². The average molecular weight is 331 g/mol. The van der Waals surface area contributed by atoms with Crippen LogP contribution in [-0.4, -0.2) is 31.3 Å². The maximum atomic E-state index is 13.4. The summed E-state index contributed by atoms with van der Waals surface area (Å²) in [7, 11) is 1.75. The van der Waals surface area contributed by atoms with Crippen LogP contribution in [0.1, 0.15) is 30.6 Å². The van der Waals surface area contributed by atoms with Gasteiger partial charge < -0.3 is 19.8 Å². The predicted molar refractivity (Wildman–Crippen MR) is 90.5 cm³/mol. The van der Waals surface area contributed by atoms with E-state index in [0.717, 1.165) is 35.5 Å². The summed E-state index contributed by atoms with van der Waals surface area (Å²) < 4.78 is 25.1. The van der Waals surface area contributed by atoms with E-state index in [2.05, 4.69) is 15.6 Å². The number of ether oxygens (including phenoxy) is 1. The number of fused-ring (bicyclic) bond motifs is 3. The first kappa shape index (κ1) is 15.4. The van der Waals surface area contributed by atoms with Crippen molar-refractivity contribution in [3.05, 3.63) is 35.3 Å². The van der Waals surface area contributed by atoms with Crippen molar-refractivity contribution < 1.29 is 13.5 Å². The second-order valence-corrected chi connectivity index (χ2v) is 6.58. The van der Waals surface area contributed by atoms with Crippen molar-refractivity contribution in [2.45, 2.75) is 51.0 Å². The Hall–Kier alpha value is -2.08. The van der Waals surface area contributed by atoms with Gasteiger partial charge in [-0.1, -0.05) is 0 Å². The molecule has 3 atom stereocenters. The number of hydrogen-bond donors (Lipinski definition) is 2. The van der Waals surface area contributed by atoms with Crippen LogP contribution in [0.3, 0.4) is 0 Å². The Morgan fingerprint density at radius 1 is 1.38 bits per heavy atom. The van der Waals surface area contributed by atoms with Crippen molar-refractivity contribution in [2.75, 3.05) is 7.05 Å². The zero-order valence-electron chi connectivity index (χ0n) is 13.9. The topological polar surface area (TPSA) is 58.8 Å². The molecule has 1 aromatic carbocycles. The van der Waals surface area contributed by atoms with Gasteiger partial charge in [0.2, 0.25) is 0 Å². The van der Waals surface area contributed by atoms with Crippen LogP contribution in [0, 0.1) is 12.7 Å². The average Bonchev–Trinajstić information content (AvgIpc) is 3.27. The second kappa shape index (κ2) is 6.09. The Morgan fingerprint density at radius 3 is 2.96 bits per heavy atom. The molecule has 2 aliphatic heterocycles. The molecule has 3 heterocycles. The molecule has 2 fully saturated rings. The normalized spacial score (nSPS) is 26.3. The Kier molecular flexibility index (Phi) is 3.92. The van der Waals surface area contributed by atoms with E-state index in [-0.39, 0.29) is 5.82 Å². The number of rotatable bonds is 3. The molecule has 0 spiro atoms. The number of furan rings is 1. The lowest BCUT2D eigenvalue weighted by Crippen LogP contribution is -2.47. The summed E-state index contributed by atoms with van der Waals surface area (Å²) in [6.45, 7) is 2.45. The van der Waals surface area contributed by atoms with E-state index >= 15 is 0 Å². The Morgan fingerprint density at radius 2 is 2.25 bits per heavy atom. The summed E-state index contributed by atoms with van der Waals surface area (Å²) in [6.07, 6.45) is 4.02. The van der Waals surface area contributed by atoms with Crippen LogP contribution in [0.2, 0.25) is 0 Å². The number of halogens is 1. The van der Waals surface area contributed by atoms with Crippen molar-refractivity contribution in [1.29, 1.82) is 0 Å². The summed E-state index contributed by atoms with van der Waals surface area (Å²) in [5.74, 6) is 1.28. The molecule has 2 aromatic rings.